The topological polar surface area (TPSA) is 113 Å². The molecule has 0 atom stereocenters. The van der Waals surface area contributed by atoms with Gasteiger partial charge in [0.2, 0.25) is 0 Å². The maximum absolute atomic E-state index is 10.7. The smallest absolute Gasteiger partial charge is 0.103 e. The lowest BCUT2D eigenvalue weighted by Gasteiger charge is -2.26. The van der Waals surface area contributed by atoms with Crippen LogP contribution in [-0.2, 0) is 6.42 Å². The SMILES string of the molecule is CC(C)/C=C\c1cc2ccccc2n1-c1ccc2c(c1)c1c(n2-c2cccc(C#N)c2C#N)C=CCc2c(-c3ccc(N(c4ccccc4)c4ccc5c(c4)c4c6ccccc6ccc4n5-c4cccc(C#N)c4C#N)cc3)cccc2-1. The van der Waals surface area contributed by atoms with Crippen molar-refractivity contribution in [1.29, 1.82) is 21.0 Å². The van der Waals surface area contributed by atoms with Crippen LogP contribution in [0.2, 0.25) is 0 Å². The van der Waals surface area contributed by atoms with Crippen molar-refractivity contribution in [3.8, 4) is 63.6 Å². The fourth-order valence-corrected chi connectivity index (χ4v) is 12.5. The van der Waals surface area contributed by atoms with Crippen molar-refractivity contribution in [1.82, 2.24) is 13.7 Å². The highest BCUT2D eigenvalue weighted by Crippen LogP contribution is 2.47. The zero-order chi connectivity index (χ0) is 55.6. The average molecular weight is 1050 g/mol. The molecule has 14 rings (SSSR count). The van der Waals surface area contributed by atoms with Crippen LogP contribution in [0.5, 0.6) is 0 Å². The van der Waals surface area contributed by atoms with Crippen LogP contribution >= 0.6 is 0 Å². The van der Waals surface area contributed by atoms with Gasteiger partial charge in [0, 0.05) is 55.6 Å². The van der Waals surface area contributed by atoms with Crippen molar-refractivity contribution in [3.05, 3.63) is 264 Å². The Bertz CT molecular complexity index is 5030. The molecule has 0 bridgehead atoms. The second kappa shape index (κ2) is 19.8. The fourth-order valence-electron chi connectivity index (χ4n) is 12.5. The first-order chi connectivity index (χ1) is 40.3. The van der Waals surface area contributed by atoms with Crippen LogP contribution in [0.1, 0.15) is 53.1 Å². The van der Waals surface area contributed by atoms with Crippen molar-refractivity contribution in [3.63, 3.8) is 0 Å². The molecule has 10 aromatic carbocycles. The lowest BCUT2D eigenvalue weighted by atomic mass is 9.90. The first kappa shape index (κ1) is 48.9. The highest BCUT2D eigenvalue weighted by molar-refractivity contribution is 6.22. The molecule has 0 unspecified atom stereocenters. The van der Waals surface area contributed by atoms with E-state index in [1.807, 2.05) is 30.3 Å². The fraction of sp³-hybridized carbons (Fsp3) is 0.0541. The molecule has 8 nitrogen and oxygen atoms in total. The number of nitrogens with zero attached hydrogens (tertiary/aromatic N) is 8. The molecule has 3 heterocycles. The van der Waals surface area contributed by atoms with E-state index in [0.717, 1.165) is 111 Å². The highest BCUT2D eigenvalue weighted by atomic mass is 15.1. The summed E-state index contributed by atoms with van der Waals surface area (Å²) in [4.78, 5) is 2.29. The van der Waals surface area contributed by atoms with Gasteiger partial charge in [-0.25, -0.2) is 0 Å². The maximum atomic E-state index is 10.7. The quantitative estimate of drug-likeness (QED) is 0.143. The van der Waals surface area contributed by atoms with E-state index in [0.29, 0.717) is 46.0 Å². The number of fused-ring (bicyclic) bond motifs is 11. The van der Waals surface area contributed by atoms with Crippen LogP contribution in [0.25, 0.3) is 106 Å². The van der Waals surface area contributed by atoms with Crippen molar-refractivity contribution in [2.75, 3.05) is 4.90 Å². The van der Waals surface area contributed by atoms with Crippen LogP contribution in [0, 0.1) is 51.2 Å². The summed E-state index contributed by atoms with van der Waals surface area (Å²) in [5.74, 6) is 0.369. The second-order valence-corrected chi connectivity index (χ2v) is 21.1. The minimum Gasteiger partial charge on any atom is -0.310 e. The zero-order valence-electron chi connectivity index (χ0n) is 44.9. The Morgan fingerprint density at radius 1 is 0.476 bits per heavy atom. The molecule has 82 heavy (non-hydrogen) atoms. The van der Waals surface area contributed by atoms with E-state index in [-0.39, 0.29) is 0 Å². The highest BCUT2D eigenvalue weighted by Gasteiger charge is 2.27. The van der Waals surface area contributed by atoms with Crippen LogP contribution in [-0.4, -0.2) is 13.7 Å². The predicted octanol–water partition coefficient (Wildman–Crippen LogP) is 18.4. The molecular formula is C74H48N8. The first-order valence-corrected chi connectivity index (χ1v) is 27.4. The van der Waals surface area contributed by atoms with E-state index in [2.05, 4.69) is 251 Å². The molecule has 0 spiro atoms. The maximum Gasteiger partial charge on any atom is 0.103 e. The van der Waals surface area contributed by atoms with Gasteiger partial charge in [-0.3, -0.25) is 0 Å². The van der Waals surface area contributed by atoms with Gasteiger partial charge in [-0.05, 0) is 161 Å². The minimum atomic E-state index is 0.332. The van der Waals surface area contributed by atoms with Crippen LogP contribution in [0.15, 0.2) is 224 Å². The van der Waals surface area contributed by atoms with E-state index in [9.17, 15) is 21.0 Å². The van der Waals surface area contributed by atoms with E-state index >= 15 is 0 Å². The third-order valence-corrected chi connectivity index (χ3v) is 16.1. The van der Waals surface area contributed by atoms with Gasteiger partial charge in [0.05, 0.1) is 61.4 Å². The Morgan fingerprint density at radius 3 is 1.85 bits per heavy atom. The second-order valence-electron chi connectivity index (χ2n) is 21.1. The molecule has 0 amide bonds. The Kier molecular flexibility index (Phi) is 11.8. The summed E-state index contributed by atoms with van der Waals surface area (Å²) in [6.07, 6.45) is 9.52. The molecule has 0 saturated carbocycles. The van der Waals surface area contributed by atoms with E-state index in [1.165, 1.54) is 5.56 Å². The van der Waals surface area contributed by atoms with Gasteiger partial charge in [-0.1, -0.05) is 135 Å². The molecule has 0 aliphatic heterocycles. The van der Waals surface area contributed by atoms with Gasteiger partial charge in [-0.15, -0.1) is 0 Å². The van der Waals surface area contributed by atoms with E-state index in [1.54, 1.807) is 12.1 Å². The molecule has 13 aromatic rings. The summed E-state index contributed by atoms with van der Waals surface area (Å²) < 4.78 is 6.63. The Balaban J connectivity index is 0.934. The summed E-state index contributed by atoms with van der Waals surface area (Å²) in [6, 6.07) is 82.6. The van der Waals surface area contributed by atoms with Gasteiger partial charge >= 0.3 is 0 Å². The van der Waals surface area contributed by atoms with Gasteiger partial charge in [0.25, 0.3) is 0 Å². The number of allylic oxidation sites excluding steroid dienone is 2. The summed E-state index contributed by atoms with van der Waals surface area (Å²) in [5.41, 5.74) is 18.1. The average Bonchev–Trinajstić information content (AvgIpc) is 2.99. The van der Waals surface area contributed by atoms with Gasteiger partial charge in [0.1, 0.15) is 24.3 Å². The number of aromatic nitrogens is 3. The minimum absolute atomic E-state index is 0.332. The predicted molar refractivity (Wildman–Crippen MR) is 333 cm³/mol. The summed E-state index contributed by atoms with van der Waals surface area (Å²) in [5, 5.41) is 48.0. The number of anilines is 3. The van der Waals surface area contributed by atoms with Gasteiger partial charge < -0.3 is 18.6 Å². The van der Waals surface area contributed by atoms with Crippen LogP contribution < -0.4 is 4.90 Å². The van der Waals surface area contributed by atoms with Crippen molar-refractivity contribution >= 4 is 83.6 Å². The molecular weight excluding hydrogens is 1000 g/mol. The largest absolute Gasteiger partial charge is 0.310 e. The van der Waals surface area contributed by atoms with Gasteiger partial charge in [0.15, 0.2) is 0 Å². The van der Waals surface area contributed by atoms with Gasteiger partial charge in [-0.2, -0.15) is 21.0 Å². The number of hydrogen-bond donors (Lipinski definition) is 0. The Labute approximate surface area is 474 Å². The standard InChI is InChI=1S/C74H48N8/c1-47(2)28-32-55-40-50-15-7-9-24-66(50)80(55)57-36-39-70-63(42-57)74-61-23-12-21-58(60(61)22-13-27-71(74)81(70)67-25-10-16-51(43-75)64(67)45-77)49-29-33-54(34-30-49)79(53-18-4-3-5-19-53)56-35-38-69-62(41-56)73-59-20-8-6-14-48(59)31-37-72(73)82(69)68-26-11-17-52(44-76)65(68)46-78/h3-21,23-42,47H,22H2,1-2H3/b32-28-. The molecule has 0 fully saturated rings. The van der Waals surface area contributed by atoms with Crippen LogP contribution in [0.4, 0.5) is 17.1 Å². The van der Waals surface area contributed by atoms with Crippen molar-refractivity contribution < 1.29 is 0 Å². The third kappa shape index (κ3) is 7.78. The molecule has 3 aromatic heterocycles. The zero-order valence-corrected chi connectivity index (χ0v) is 44.9. The summed E-state index contributed by atoms with van der Waals surface area (Å²) >= 11 is 0. The number of para-hydroxylation sites is 2. The molecule has 1 aliphatic carbocycles. The molecule has 0 saturated heterocycles. The summed E-state index contributed by atoms with van der Waals surface area (Å²) in [7, 11) is 0. The Morgan fingerprint density at radius 2 is 1.11 bits per heavy atom. The first-order valence-electron chi connectivity index (χ1n) is 27.4. The molecule has 0 radical (unpaired) electrons. The monoisotopic (exact) mass is 1050 g/mol. The third-order valence-electron chi connectivity index (χ3n) is 16.1. The number of nitriles is 4. The number of hydrogen-bond acceptors (Lipinski definition) is 5. The molecule has 384 valence electrons. The molecule has 8 heteroatoms. The van der Waals surface area contributed by atoms with E-state index < -0.39 is 0 Å². The molecule has 1 aliphatic rings. The number of rotatable bonds is 9. The van der Waals surface area contributed by atoms with Crippen molar-refractivity contribution in [2.45, 2.75) is 20.3 Å². The van der Waals surface area contributed by atoms with Crippen molar-refractivity contribution in [2.24, 2.45) is 5.92 Å². The normalized spacial score (nSPS) is 11.9. The number of benzene rings is 10. The van der Waals surface area contributed by atoms with E-state index in [4.69, 9.17) is 0 Å². The van der Waals surface area contributed by atoms with Crippen LogP contribution in [0.3, 0.4) is 0 Å². The summed E-state index contributed by atoms with van der Waals surface area (Å²) in [6.45, 7) is 4.38. The molecule has 0 N–H and O–H groups in total. The Hall–Kier alpha value is -11.4. The lowest BCUT2D eigenvalue weighted by molar-refractivity contribution is 0.835. The lowest BCUT2D eigenvalue weighted by Crippen LogP contribution is -2.09.